The highest BCUT2D eigenvalue weighted by Gasteiger charge is 2.34. The maximum Gasteiger partial charge on any atom is 0.319 e. The first-order chi connectivity index (χ1) is 13.0. The molecule has 3 aromatic rings. The van der Waals surface area contributed by atoms with Crippen molar-refractivity contribution in [2.45, 2.75) is 43.7 Å². The number of cyclic esters (lactones) is 1. The second kappa shape index (κ2) is 7.15. The van der Waals surface area contributed by atoms with E-state index in [2.05, 4.69) is 47.2 Å². The largest absolute Gasteiger partial charge is 0.462 e. The number of benzene rings is 1. The summed E-state index contributed by atoms with van der Waals surface area (Å²) in [6, 6.07) is 11.9. The third-order valence-electron chi connectivity index (χ3n) is 4.49. The van der Waals surface area contributed by atoms with E-state index in [0.717, 1.165) is 16.9 Å². The Balaban J connectivity index is 1.82. The van der Waals surface area contributed by atoms with E-state index in [4.69, 9.17) is 4.74 Å². The first kappa shape index (κ1) is 17.7. The molecule has 1 aromatic carbocycles. The second-order valence-corrected chi connectivity index (χ2v) is 7.91. The summed E-state index contributed by atoms with van der Waals surface area (Å²) in [6.07, 6.45) is 2.34. The molecule has 3 heterocycles. The average Bonchev–Trinajstić information content (AvgIpc) is 3.19. The third-order valence-corrected chi connectivity index (χ3v) is 5.64. The van der Waals surface area contributed by atoms with Crippen molar-refractivity contribution < 1.29 is 9.53 Å². The number of nitrogens with zero attached hydrogens (tertiary/aromatic N) is 4. The standard InChI is InChI=1S/C20H20N4O2S/c1-12-7-8-16(13(2)10-12)24-18(15-6-4-5-9-21-15)22-23-20(24)27-17-11-14(3)26-19(17)25/h4-10,14,17H,11H2,1-3H3. The van der Waals surface area contributed by atoms with Crippen LogP contribution in [0.3, 0.4) is 0 Å². The molecular formula is C20H20N4O2S. The van der Waals surface area contributed by atoms with Crippen LogP contribution in [-0.4, -0.2) is 37.1 Å². The second-order valence-electron chi connectivity index (χ2n) is 6.74. The molecule has 1 saturated heterocycles. The maximum absolute atomic E-state index is 12.1. The average molecular weight is 380 g/mol. The van der Waals surface area contributed by atoms with Gasteiger partial charge in [-0.25, -0.2) is 0 Å². The summed E-state index contributed by atoms with van der Waals surface area (Å²) in [4.78, 5) is 16.5. The molecule has 2 unspecified atom stereocenters. The SMILES string of the molecule is Cc1ccc(-n2c(SC3CC(C)OC3=O)nnc2-c2ccccn2)c(C)c1. The number of esters is 1. The van der Waals surface area contributed by atoms with Crippen molar-refractivity contribution in [1.29, 1.82) is 0 Å². The van der Waals surface area contributed by atoms with Crippen LogP contribution in [0.25, 0.3) is 17.2 Å². The number of pyridine rings is 1. The molecule has 0 aliphatic carbocycles. The summed E-state index contributed by atoms with van der Waals surface area (Å²) in [6.45, 7) is 6.03. The third kappa shape index (κ3) is 3.47. The van der Waals surface area contributed by atoms with Crippen molar-refractivity contribution in [3.05, 3.63) is 53.7 Å². The van der Waals surface area contributed by atoms with E-state index in [0.29, 0.717) is 17.4 Å². The molecule has 0 saturated carbocycles. The lowest BCUT2D eigenvalue weighted by molar-refractivity contribution is -0.140. The number of aryl methyl sites for hydroxylation is 2. The van der Waals surface area contributed by atoms with E-state index >= 15 is 0 Å². The number of hydrogen-bond donors (Lipinski definition) is 0. The molecule has 1 aliphatic heterocycles. The Bertz CT molecular complexity index is 987. The topological polar surface area (TPSA) is 69.9 Å². The molecule has 0 radical (unpaired) electrons. The normalized spacial score (nSPS) is 19.3. The van der Waals surface area contributed by atoms with Crippen LogP contribution in [0.15, 0.2) is 47.8 Å². The van der Waals surface area contributed by atoms with E-state index in [1.54, 1.807) is 6.20 Å². The molecule has 0 amide bonds. The van der Waals surface area contributed by atoms with Crippen LogP contribution >= 0.6 is 11.8 Å². The van der Waals surface area contributed by atoms with Gasteiger partial charge in [-0.15, -0.1) is 10.2 Å². The Hall–Kier alpha value is -2.67. The van der Waals surface area contributed by atoms with Gasteiger partial charge in [0.2, 0.25) is 0 Å². The Kier molecular flexibility index (Phi) is 4.70. The molecule has 0 spiro atoms. The van der Waals surface area contributed by atoms with Crippen molar-refractivity contribution in [3.63, 3.8) is 0 Å². The fourth-order valence-electron chi connectivity index (χ4n) is 3.22. The molecule has 138 valence electrons. The summed E-state index contributed by atoms with van der Waals surface area (Å²) in [7, 11) is 0. The van der Waals surface area contributed by atoms with Gasteiger partial charge in [0.05, 0.1) is 5.69 Å². The van der Waals surface area contributed by atoms with E-state index in [-0.39, 0.29) is 17.3 Å². The van der Waals surface area contributed by atoms with Crippen LogP contribution in [0, 0.1) is 13.8 Å². The van der Waals surface area contributed by atoms with Gasteiger partial charge < -0.3 is 4.74 Å². The van der Waals surface area contributed by atoms with E-state index < -0.39 is 0 Å². The molecule has 0 bridgehead atoms. The van der Waals surface area contributed by atoms with Crippen molar-refractivity contribution in [3.8, 4) is 17.2 Å². The molecule has 0 N–H and O–H groups in total. The van der Waals surface area contributed by atoms with Crippen molar-refractivity contribution >= 4 is 17.7 Å². The number of aromatic nitrogens is 4. The summed E-state index contributed by atoms with van der Waals surface area (Å²) in [5, 5.41) is 9.17. The lowest BCUT2D eigenvalue weighted by Crippen LogP contribution is -2.11. The van der Waals surface area contributed by atoms with Crippen molar-refractivity contribution in [2.24, 2.45) is 0 Å². The molecule has 27 heavy (non-hydrogen) atoms. The molecule has 1 fully saturated rings. The summed E-state index contributed by atoms with van der Waals surface area (Å²) in [5.74, 6) is 0.464. The molecule has 6 nitrogen and oxygen atoms in total. The minimum Gasteiger partial charge on any atom is -0.462 e. The lowest BCUT2D eigenvalue weighted by atomic mass is 10.1. The highest BCUT2D eigenvalue weighted by atomic mass is 32.2. The van der Waals surface area contributed by atoms with E-state index in [1.165, 1.54) is 17.3 Å². The summed E-state index contributed by atoms with van der Waals surface area (Å²) >= 11 is 1.40. The van der Waals surface area contributed by atoms with Crippen LogP contribution < -0.4 is 0 Å². The monoisotopic (exact) mass is 380 g/mol. The van der Waals surface area contributed by atoms with Gasteiger partial charge >= 0.3 is 5.97 Å². The van der Waals surface area contributed by atoms with Gasteiger partial charge in [-0.3, -0.25) is 14.3 Å². The predicted octanol–water partition coefficient (Wildman–Crippen LogP) is 3.74. The minimum atomic E-state index is -0.273. The fraction of sp³-hybridized carbons (Fsp3) is 0.300. The molecule has 2 aromatic heterocycles. The Labute approximate surface area is 162 Å². The lowest BCUT2D eigenvalue weighted by Gasteiger charge is -2.14. The van der Waals surface area contributed by atoms with Crippen LogP contribution in [0.4, 0.5) is 0 Å². The van der Waals surface area contributed by atoms with Crippen molar-refractivity contribution in [1.82, 2.24) is 19.7 Å². The fourth-order valence-corrected chi connectivity index (χ4v) is 4.38. The van der Waals surface area contributed by atoms with Crippen molar-refractivity contribution in [2.75, 3.05) is 0 Å². The van der Waals surface area contributed by atoms with Gasteiger partial charge in [0.15, 0.2) is 11.0 Å². The van der Waals surface area contributed by atoms with Gasteiger partial charge in [-0.2, -0.15) is 0 Å². The van der Waals surface area contributed by atoms with Crippen LogP contribution in [-0.2, 0) is 9.53 Å². The minimum absolute atomic E-state index is 0.0669. The van der Waals surface area contributed by atoms with Gasteiger partial charge in [-0.1, -0.05) is 35.5 Å². The van der Waals surface area contributed by atoms with Crippen LogP contribution in [0.1, 0.15) is 24.5 Å². The number of ether oxygens (including phenoxy) is 1. The van der Waals surface area contributed by atoms with Crippen LogP contribution in [0.2, 0.25) is 0 Å². The molecular weight excluding hydrogens is 360 g/mol. The number of hydrogen-bond acceptors (Lipinski definition) is 6. The molecule has 4 rings (SSSR count). The number of thioether (sulfide) groups is 1. The zero-order chi connectivity index (χ0) is 19.0. The highest BCUT2D eigenvalue weighted by Crippen LogP contribution is 2.35. The predicted molar refractivity (Wildman–Crippen MR) is 104 cm³/mol. The van der Waals surface area contributed by atoms with Gasteiger partial charge in [0.1, 0.15) is 17.0 Å². The van der Waals surface area contributed by atoms with Gasteiger partial charge in [-0.05, 0) is 44.5 Å². The highest BCUT2D eigenvalue weighted by molar-refractivity contribution is 8.00. The maximum atomic E-state index is 12.1. The first-order valence-corrected chi connectivity index (χ1v) is 9.72. The van der Waals surface area contributed by atoms with E-state index in [1.807, 2.05) is 29.7 Å². The quantitative estimate of drug-likeness (QED) is 0.642. The molecule has 7 heteroatoms. The number of carbonyl (C=O) groups is 1. The number of rotatable bonds is 4. The Morgan fingerprint density at radius 2 is 2.04 bits per heavy atom. The summed E-state index contributed by atoms with van der Waals surface area (Å²) < 4.78 is 7.28. The zero-order valence-electron chi connectivity index (χ0n) is 15.4. The number of carbonyl (C=O) groups excluding carboxylic acids is 1. The zero-order valence-corrected chi connectivity index (χ0v) is 16.2. The van der Waals surface area contributed by atoms with Crippen LogP contribution in [0.5, 0.6) is 0 Å². The molecule has 1 aliphatic rings. The Morgan fingerprint density at radius 3 is 2.70 bits per heavy atom. The Morgan fingerprint density at radius 1 is 1.19 bits per heavy atom. The van der Waals surface area contributed by atoms with E-state index in [9.17, 15) is 4.79 Å². The smallest absolute Gasteiger partial charge is 0.319 e. The van der Waals surface area contributed by atoms with Gasteiger partial charge in [0, 0.05) is 12.6 Å². The first-order valence-electron chi connectivity index (χ1n) is 8.84. The summed E-state index contributed by atoms with van der Waals surface area (Å²) in [5.41, 5.74) is 4.01. The van der Waals surface area contributed by atoms with Gasteiger partial charge in [0.25, 0.3) is 0 Å². The molecule has 2 atom stereocenters.